The van der Waals surface area contributed by atoms with Gasteiger partial charge in [0.25, 0.3) is 0 Å². The SMILES string of the molecule is CN=C(NC(C)Cc1ccc(C)s1)NC1CCN(CC(F)(F)F)C1. The van der Waals surface area contributed by atoms with Gasteiger partial charge in [-0.25, -0.2) is 0 Å². The van der Waals surface area contributed by atoms with Gasteiger partial charge in [-0.1, -0.05) is 0 Å². The lowest BCUT2D eigenvalue weighted by Crippen LogP contribution is -2.48. The molecule has 4 nitrogen and oxygen atoms in total. The minimum absolute atomic E-state index is 0.00488. The van der Waals surface area contributed by atoms with E-state index in [1.807, 2.05) is 0 Å². The second-order valence-corrected chi connectivity index (χ2v) is 7.69. The lowest BCUT2D eigenvalue weighted by Gasteiger charge is -2.22. The predicted octanol–water partition coefficient (Wildman–Crippen LogP) is 2.79. The molecule has 0 aliphatic carbocycles. The third kappa shape index (κ3) is 6.32. The van der Waals surface area contributed by atoms with Gasteiger partial charge in [-0.05, 0) is 32.4 Å². The number of aliphatic imine (C=N–C) groups is 1. The summed E-state index contributed by atoms with van der Waals surface area (Å²) in [5.41, 5.74) is 0. The largest absolute Gasteiger partial charge is 0.401 e. The van der Waals surface area contributed by atoms with Crippen LogP contribution in [0.1, 0.15) is 23.1 Å². The fourth-order valence-corrected chi connectivity index (χ4v) is 3.91. The van der Waals surface area contributed by atoms with Crippen molar-refractivity contribution in [3.63, 3.8) is 0 Å². The van der Waals surface area contributed by atoms with Gasteiger partial charge in [-0.3, -0.25) is 9.89 Å². The van der Waals surface area contributed by atoms with Gasteiger partial charge in [-0.2, -0.15) is 13.2 Å². The highest BCUT2D eigenvalue weighted by molar-refractivity contribution is 7.11. The van der Waals surface area contributed by atoms with Crippen molar-refractivity contribution in [3.8, 4) is 0 Å². The van der Waals surface area contributed by atoms with Crippen LogP contribution in [0.2, 0.25) is 0 Å². The molecule has 0 spiro atoms. The Bertz CT molecular complexity index is 556. The quantitative estimate of drug-likeness (QED) is 0.625. The van der Waals surface area contributed by atoms with E-state index in [9.17, 15) is 13.2 Å². The summed E-state index contributed by atoms with van der Waals surface area (Å²) in [4.78, 5) is 8.22. The van der Waals surface area contributed by atoms with Gasteiger partial charge in [-0.15, -0.1) is 11.3 Å². The van der Waals surface area contributed by atoms with Crippen molar-refractivity contribution in [2.45, 2.75) is 44.9 Å². The van der Waals surface area contributed by atoms with Crippen LogP contribution in [0.25, 0.3) is 0 Å². The highest BCUT2D eigenvalue weighted by Crippen LogP contribution is 2.20. The first kappa shape index (κ1) is 19.1. The standard InChI is InChI=1S/C16H25F3N4S/c1-11(8-14-5-4-12(2)24-14)21-15(20-3)22-13-6-7-23(9-13)10-16(17,18)19/h4-5,11,13H,6-10H2,1-3H3,(H2,20,21,22). The lowest BCUT2D eigenvalue weighted by molar-refractivity contribution is -0.143. The number of aryl methyl sites for hydroxylation is 1. The molecule has 0 amide bonds. The van der Waals surface area contributed by atoms with Gasteiger partial charge in [0, 0.05) is 48.4 Å². The minimum atomic E-state index is -4.14. The summed E-state index contributed by atoms with van der Waals surface area (Å²) in [6, 6.07) is 4.42. The summed E-state index contributed by atoms with van der Waals surface area (Å²) >= 11 is 1.78. The summed E-state index contributed by atoms with van der Waals surface area (Å²) < 4.78 is 37.3. The highest BCUT2D eigenvalue weighted by atomic mass is 32.1. The lowest BCUT2D eigenvalue weighted by atomic mass is 10.2. The summed E-state index contributed by atoms with van der Waals surface area (Å²) in [6.07, 6.45) is -2.55. The van der Waals surface area contributed by atoms with Crippen LogP contribution >= 0.6 is 11.3 Å². The molecule has 0 radical (unpaired) electrons. The molecule has 24 heavy (non-hydrogen) atoms. The zero-order chi connectivity index (χ0) is 17.7. The molecule has 1 aliphatic rings. The molecule has 2 atom stereocenters. The smallest absolute Gasteiger partial charge is 0.354 e. The Morgan fingerprint density at radius 3 is 2.79 bits per heavy atom. The Kier molecular flexibility index (Phi) is 6.51. The third-order valence-electron chi connectivity index (χ3n) is 3.93. The number of thiophene rings is 1. The first-order valence-corrected chi connectivity index (χ1v) is 8.91. The second-order valence-electron chi connectivity index (χ2n) is 6.31. The fraction of sp³-hybridized carbons (Fsp3) is 0.688. The maximum atomic E-state index is 12.4. The molecule has 2 N–H and O–H groups in total. The van der Waals surface area contributed by atoms with Crippen LogP contribution < -0.4 is 10.6 Å². The summed E-state index contributed by atoms with van der Waals surface area (Å²) in [6.45, 7) is 4.16. The predicted molar refractivity (Wildman–Crippen MR) is 92.8 cm³/mol. The normalized spacial score (nSPS) is 21.1. The Hall–Kier alpha value is -1.28. The van der Waals surface area contributed by atoms with Crippen LogP contribution in [-0.2, 0) is 6.42 Å². The van der Waals surface area contributed by atoms with E-state index in [0.717, 1.165) is 6.42 Å². The molecule has 0 saturated carbocycles. The van der Waals surface area contributed by atoms with E-state index >= 15 is 0 Å². The van der Waals surface area contributed by atoms with Crippen molar-refractivity contribution in [1.29, 1.82) is 0 Å². The van der Waals surface area contributed by atoms with Crippen molar-refractivity contribution < 1.29 is 13.2 Å². The van der Waals surface area contributed by atoms with E-state index in [-0.39, 0.29) is 12.1 Å². The maximum absolute atomic E-state index is 12.4. The topological polar surface area (TPSA) is 39.7 Å². The van der Waals surface area contributed by atoms with E-state index in [1.54, 1.807) is 18.4 Å². The summed E-state index contributed by atoms with van der Waals surface area (Å²) in [5, 5.41) is 6.56. The molecule has 8 heteroatoms. The fourth-order valence-electron chi connectivity index (χ4n) is 2.89. The maximum Gasteiger partial charge on any atom is 0.401 e. The molecule has 1 aliphatic heterocycles. The van der Waals surface area contributed by atoms with Crippen LogP contribution in [0, 0.1) is 6.92 Å². The molecular weight excluding hydrogens is 337 g/mol. The molecule has 0 bridgehead atoms. The molecule has 0 aromatic carbocycles. The molecular formula is C16H25F3N4S. The molecule has 2 unspecified atom stereocenters. The molecule has 1 aromatic heterocycles. The Morgan fingerprint density at radius 1 is 1.46 bits per heavy atom. The third-order valence-corrected chi connectivity index (χ3v) is 4.95. The highest BCUT2D eigenvalue weighted by Gasteiger charge is 2.34. The second kappa shape index (κ2) is 8.20. The van der Waals surface area contributed by atoms with Gasteiger partial charge >= 0.3 is 6.18 Å². The van der Waals surface area contributed by atoms with Crippen molar-refractivity contribution in [1.82, 2.24) is 15.5 Å². The number of rotatable bonds is 5. The number of nitrogens with one attached hydrogen (secondary N) is 2. The monoisotopic (exact) mass is 362 g/mol. The molecule has 2 heterocycles. The summed E-state index contributed by atoms with van der Waals surface area (Å²) in [5.74, 6) is 0.648. The minimum Gasteiger partial charge on any atom is -0.354 e. The zero-order valence-corrected chi connectivity index (χ0v) is 15.1. The van der Waals surface area contributed by atoms with Crippen LogP contribution in [-0.4, -0.2) is 55.8 Å². The Morgan fingerprint density at radius 2 is 2.21 bits per heavy atom. The Balaban J connectivity index is 1.78. The van der Waals surface area contributed by atoms with Gasteiger partial charge in [0.2, 0.25) is 0 Å². The van der Waals surface area contributed by atoms with Crippen LogP contribution in [0.15, 0.2) is 17.1 Å². The average molecular weight is 362 g/mol. The number of guanidine groups is 1. The van der Waals surface area contributed by atoms with Gasteiger partial charge in [0.1, 0.15) is 0 Å². The van der Waals surface area contributed by atoms with E-state index < -0.39 is 12.7 Å². The first-order chi connectivity index (χ1) is 11.2. The van der Waals surface area contributed by atoms with Crippen LogP contribution in [0.4, 0.5) is 13.2 Å². The number of alkyl halides is 3. The molecule has 1 aromatic rings. The first-order valence-electron chi connectivity index (χ1n) is 8.09. The van der Waals surface area contributed by atoms with Crippen molar-refractivity contribution in [2.75, 3.05) is 26.7 Å². The Labute approximate surface area is 145 Å². The number of nitrogens with zero attached hydrogens (tertiary/aromatic N) is 2. The van der Waals surface area contributed by atoms with E-state index in [4.69, 9.17) is 0 Å². The number of hydrogen-bond donors (Lipinski definition) is 2. The number of hydrogen-bond acceptors (Lipinski definition) is 3. The van der Waals surface area contributed by atoms with Gasteiger partial charge < -0.3 is 10.6 Å². The zero-order valence-electron chi connectivity index (χ0n) is 14.3. The van der Waals surface area contributed by atoms with E-state index in [0.29, 0.717) is 25.5 Å². The van der Waals surface area contributed by atoms with Crippen LogP contribution in [0.3, 0.4) is 0 Å². The molecule has 1 fully saturated rings. The van der Waals surface area contributed by atoms with E-state index in [1.165, 1.54) is 14.7 Å². The average Bonchev–Trinajstić information content (AvgIpc) is 3.05. The number of likely N-dealkylation sites (tertiary alicyclic amines) is 1. The van der Waals surface area contributed by atoms with Crippen molar-refractivity contribution in [3.05, 3.63) is 21.9 Å². The molecule has 136 valence electrons. The van der Waals surface area contributed by atoms with Crippen LogP contribution in [0.5, 0.6) is 0 Å². The number of halogens is 3. The van der Waals surface area contributed by atoms with Crippen molar-refractivity contribution in [2.24, 2.45) is 4.99 Å². The molecule has 1 saturated heterocycles. The van der Waals surface area contributed by atoms with Gasteiger partial charge in [0.05, 0.1) is 6.54 Å². The summed E-state index contributed by atoms with van der Waals surface area (Å²) in [7, 11) is 1.68. The molecule has 2 rings (SSSR count). The van der Waals surface area contributed by atoms with Gasteiger partial charge in [0.15, 0.2) is 5.96 Å². The van der Waals surface area contributed by atoms with E-state index in [2.05, 4.69) is 41.6 Å². The van der Waals surface area contributed by atoms with Crippen molar-refractivity contribution >= 4 is 17.3 Å².